The van der Waals surface area contributed by atoms with Gasteiger partial charge < -0.3 is 4.74 Å². The third kappa shape index (κ3) is 2.78. The molecule has 1 unspecified atom stereocenters. The molecule has 0 spiro atoms. The average molecular weight is 291 g/mol. The van der Waals surface area contributed by atoms with Crippen molar-refractivity contribution < 1.29 is 22.7 Å². The molecule has 0 radical (unpaired) electrons. The average Bonchev–Trinajstić information content (AvgIpc) is 2.39. The Kier molecular flexibility index (Phi) is 4.19. The van der Waals surface area contributed by atoms with Crippen LogP contribution in [0.1, 0.15) is 13.3 Å². The fourth-order valence-electron chi connectivity index (χ4n) is 2.20. The topological polar surface area (TPSA) is 96.0 Å². The van der Waals surface area contributed by atoms with Gasteiger partial charge in [-0.2, -0.15) is 17.0 Å². The zero-order chi connectivity index (χ0) is 14.0. The molecular formula is C10H17N3O5S. The molecule has 0 aromatic heterocycles. The van der Waals surface area contributed by atoms with Crippen LogP contribution in [0.3, 0.4) is 0 Å². The summed E-state index contributed by atoms with van der Waals surface area (Å²) in [6, 6.07) is -0.828. The summed E-state index contributed by atoms with van der Waals surface area (Å²) in [5, 5.41) is 2.16. The van der Waals surface area contributed by atoms with Crippen LogP contribution in [0.5, 0.6) is 0 Å². The van der Waals surface area contributed by atoms with Crippen LogP contribution in [0.15, 0.2) is 0 Å². The molecule has 1 N–H and O–H groups in total. The summed E-state index contributed by atoms with van der Waals surface area (Å²) in [5.41, 5.74) is 0. The number of carbonyl (C=O) groups is 2. The molecule has 2 amide bonds. The summed E-state index contributed by atoms with van der Waals surface area (Å²) in [6.07, 6.45) is 0.322. The second-order valence-corrected chi connectivity index (χ2v) is 6.28. The first-order chi connectivity index (χ1) is 8.96. The van der Waals surface area contributed by atoms with E-state index in [0.29, 0.717) is 19.6 Å². The van der Waals surface area contributed by atoms with E-state index in [0.717, 1.165) is 4.31 Å². The van der Waals surface area contributed by atoms with E-state index in [9.17, 15) is 18.0 Å². The number of hydrogen-bond donors (Lipinski definition) is 1. The van der Waals surface area contributed by atoms with Crippen molar-refractivity contribution in [1.29, 1.82) is 0 Å². The largest absolute Gasteiger partial charge is 0.379 e. The van der Waals surface area contributed by atoms with Crippen LogP contribution >= 0.6 is 0 Å². The predicted molar refractivity (Wildman–Crippen MR) is 65.2 cm³/mol. The molecule has 8 nitrogen and oxygen atoms in total. The van der Waals surface area contributed by atoms with Crippen LogP contribution in [0.25, 0.3) is 0 Å². The molecule has 0 aromatic rings. The van der Waals surface area contributed by atoms with E-state index in [-0.39, 0.29) is 19.6 Å². The van der Waals surface area contributed by atoms with Gasteiger partial charge in [0.1, 0.15) is 6.04 Å². The van der Waals surface area contributed by atoms with Crippen LogP contribution in [0, 0.1) is 0 Å². The predicted octanol–water partition coefficient (Wildman–Crippen LogP) is -1.70. The lowest BCUT2D eigenvalue weighted by molar-refractivity contribution is -0.137. The minimum Gasteiger partial charge on any atom is -0.379 e. The minimum atomic E-state index is -3.81. The van der Waals surface area contributed by atoms with Crippen LogP contribution in [-0.4, -0.2) is 67.7 Å². The number of hydrogen-bond acceptors (Lipinski definition) is 5. The lowest BCUT2D eigenvalue weighted by Crippen LogP contribution is -2.62. The SMILES string of the molecule is CCC1C(=O)NC(=O)CN1S(=O)(=O)N1CCOCC1. The van der Waals surface area contributed by atoms with Crippen molar-refractivity contribution in [3.05, 3.63) is 0 Å². The second kappa shape index (κ2) is 5.53. The Labute approximate surface area is 111 Å². The van der Waals surface area contributed by atoms with Gasteiger partial charge in [0, 0.05) is 13.1 Å². The number of imide groups is 1. The van der Waals surface area contributed by atoms with Gasteiger partial charge in [0.15, 0.2) is 0 Å². The molecule has 2 aliphatic heterocycles. The van der Waals surface area contributed by atoms with Crippen molar-refractivity contribution >= 4 is 22.0 Å². The summed E-state index contributed by atoms with van der Waals surface area (Å²) < 4.78 is 32.3. The monoisotopic (exact) mass is 291 g/mol. The standard InChI is InChI=1S/C10H17N3O5S/c1-2-8-10(15)11-9(14)7-13(8)19(16,17)12-3-5-18-6-4-12/h8H,2-7H2,1H3,(H,11,14,15). The van der Waals surface area contributed by atoms with Gasteiger partial charge >= 0.3 is 0 Å². The minimum absolute atomic E-state index is 0.241. The highest BCUT2D eigenvalue weighted by atomic mass is 32.2. The Morgan fingerprint density at radius 2 is 1.95 bits per heavy atom. The Morgan fingerprint density at radius 3 is 2.53 bits per heavy atom. The van der Waals surface area contributed by atoms with Gasteiger partial charge in [-0.3, -0.25) is 14.9 Å². The molecule has 0 aromatic carbocycles. The smallest absolute Gasteiger partial charge is 0.283 e. The van der Waals surface area contributed by atoms with Crippen molar-refractivity contribution in [3.8, 4) is 0 Å². The number of nitrogens with one attached hydrogen (secondary N) is 1. The van der Waals surface area contributed by atoms with E-state index < -0.39 is 28.1 Å². The molecule has 0 aliphatic carbocycles. The fourth-order valence-corrected chi connectivity index (χ4v) is 3.95. The molecule has 108 valence electrons. The van der Waals surface area contributed by atoms with Crippen molar-refractivity contribution in [3.63, 3.8) is 0 Å². The van der Waals surface area contributed by atoms with Gasteiger partial charge in [-0.1, -0.05) is 6.92 Å². The molecule has 1 atom stereocenters. The van der Waals surface area contributed by atoms with E-state index in [4.69, 9.17) is 4.74 Å². The normalized spacial score (nSPS) is 27.3. The van der Waals surface area contributed by atoms with Crippen LogP contribution in [0.4, 0.5) is 0 Å². The molecule has 2 fully saturated rings. The fraction of sp³-hybridized carbons (Fsp3) is 0.800. The lowest BCUT2D eigenvalue weighted by Gasteiger charge is -2.37. The zero-order valence-corrected chi connectivity index (χ0v) is 11.5. The van der Waals surface area contributed by atoms with Crippen molar-refractivity contribution in [2.75, 3.05) is 32.8 Å². The Morgan fingerprint density at radius 1 is 1.32 bits per heavy atom. The summed E-state index contributed by atoms with van der Waals surface area (Å²) >= 11 is 0. The van der Waals surface area contributed by atoms with E-state index in [1.54, 1.807) is 6.92 Å². The van der Waals surface area contributed by atoms with Crippen LogP contribution in [0.2, 0.25) is 0 Å². The third-order valence-electron chi connectivity index (χ3n) is 3.19. The van der Waals surface area contributed by atoms with E-state index >= 15 is 0 Å². The Bertz CT molecular complexity index is 472. The maximum Gasteiger partial charge on any atom is 0.283 e. The molecule has 9 heteroatoms. The molecular weight excluding hydrogens is 274 g/mol. The molecule has 19 heavy (non-hydrogen) atoms. The van der Waals surface area contributed by atoms with Gasteiger partial charge in [-0.25, -0.2) is 0 Å². The summed E-state index contributed by atoms with van der Waals surface area (Å²) in [6.45, 7) is 2.52. The van der Waals surface area contributed by atoms with Gasteiger partial charge in [-0.15, -0.1) is 0 Å². The molecule has 2 rings (SSSR count). The maximum atomic E-state index is 12.5. The van der Waals surface area contributed by atoms with Crippen LogP contribution < -0.4 is 5.32 Å². The van der Waals surface area contributed by atoms with E-state index in [1.165, 1.54) is 4.31 Å². The summed E-state index contributed by atoms with van der Waals surface area (Å²) in [5.74, 6) is -1.15. The summed E-state index contributed by atoms with van der Waals surface area (Å²) in [4.78, 5) is 23.1. The molecule has 2 saturated heterocycles. The number of piperazine rings is 1. The lowest BCUT2D eigenvalue weighted by atomic mass is 10.2. The highest BCUT2D eigenvalue weighted by Gasteiger charge is 2.42. The maximum absolute atomic E-state index is 12.5. The van der Waals surface area contributed by atoms with E-state index in [1.807, 2.05) is 0 Å². The first-order valence-electron chi connectivity index (χ1n) is 6.15. The van der Waals surface area contributed by atoms with Crippen molar-refractivity contribution in [2.24, 2.45) is 0 Å². The van der Waals surface area contributed by atoms with Crippen molar-refractivity contribution in [1.82, 2.24) is 13.9 Å². The zero-order valence-electron chi connectivity index (χ0n) is 10.7. The highest BCUT2D eigenvalue weighted by Crippen LogP contribution is 2.18. The highest BCUT2D eigenvalue weighted by molar-refractivity contribution is 7.86. The third-order valence-corrected chi connectivity index (χ3v) is 5.19. The van der Waals surface area contributed by atoms with Gasteiger partial charge in [0.2, 0.25) is 11.8 Å². The van der Waals surface area contributed by atoms with Crippen molar-refractivity contribution in [2.45, 2.75) is 19.4 Å². The second-order valence-electron chi connectivity index (χ2n) is 4.40. The quantitative estimate of drug-likeness (QED) is 0.625. The first-order valence-corrected chi connectivity index (χ1v) is 7.55. The van der Waals surface area contributed by atoms with Gasteiger partial charge in [-0.05, 0) is 6.42 Å². The summed E-state index contributed by atoms with van der Waals surface area (Å²) in [7, 11) is -3.81. The van der Waals surface area contributed by atoms with Crippen LogP contribution in [-0.2, 0) is 24.5 Å². The molecule has 2 heterocycles. The van der Waals surface area contributed by atoms with Gasteiger partial charge in [0.25, 0.3) is 10.2 Å². The Balaban J connectivity index is 2.25. The number of morpholine rings is 1. The first kappa shape index (κ1) is 14.4. The number of rotatable bonds is 3. The molecule has 0 bridgehead atoms. The van der Waals surface area contributed by atoms with E-state index in [2.05, 4.69) is 5.32 Å². The number of carbonyl (C=O) groups excluding carboxylic acids is 2. The number of ether oxygens (including phenoxy) is 1. The Hall–Kier alpha value is -1.03. The number of amides is 2. The molecule has 2 aliphatic rings. The molecule has 0 saturated carbocycles. The van der Waals surface area contributed by atoms with Gasteiger partial charge in [0.05, 0.1) is 19.8 Å². The number of nitrogens with zero attached hydrogens (tertiary/aromatic N) is 2.